The number of aliphatic hydroxyl groups excluding tert-OH is 2. The lowest BCUT2D eigenvalue weighted by atomic mass is 10.1. The smallest absolute Gasteiger partial charge is 0.124 e. The molecule has 1 aromatic carbocycles. The van der Waals surface area contributed by atoms with E-state index in [2.05, 4.69) is 9.80 Å². The minimum atomic E-state index is -0.493. The van der Waals surface area contributed by atoms with E-state index in [4.69, 9.17) is 16.3 Å². The van der Waals surface area contributed by atoms with Crippen LogP contribution in [0.15, 0.2) is 18.2 Å². The van der Waals surface area contributed by atoms with Crippen molar-refractivity contribution in [2.24, 2.45) is 0 Å². The molecule has 0 aromatic heterocycles. The fourth-order valence-electron chi connectivity index (χ4n) is 3.58. The zero-order valence-electron chi connectivity index (χ0n) is 14.7. The molecule has 140 valence electrons. The fourth-order valence-corrected chi connectivity index (χ4v) is 3.78. The highest BCUT2D eigenvalue weighted by molar-refractivity contribution is 6.30. The SMILES string of the molecule is OC1CN(Cc2cc(Cl)ccc2OC[C@@H](O)CN2CCCCCC2)C1. The monoisotopic (exact) mass is 368 g/mol. The molecule has 2 aliphatic heterocycles. The fraction of sp³-hybridized carbons (Fsp3) is 0.684. The number of β-amino-alcohol motifs (C(OH)–C–C–N with tert-alkyl or cyclic N) is 2. The Morgan fingerprint density at radius 1 is 1.12 bits per heavy atom. The van der Waals surface area contributed by atoms with E-state index in [1.54, 1.807) is 0 Å². The summed E-state index contributed by atoms with van der Waals surface area (Å²) in [5, 5.41) is 20.4. The van der Waals surface area contributed by atoms with E-state index in [-0.39, 0.29) is 12.7 Å². The average Bonchev–Trinajstić information content (AvgIpc) is 2.81. The van der Waals surface area contributed by atoms with E-state index >= 15 is 0 Å². The maximum absolute atomic E-state index is 10.3. The van der Waals surface area contributed by atoms with Crippen molar-refractivity contribution in [3.05, 3.63) is 28.8 Å². The number of rotatable bonds is 7. The average molecular weight is 369 g/mol. The van der Waals surface area contributed by atoms with E-state index < -0.39 is 6.10 Å². The highest BCUT2D eigenvalue weighted by Gasteiger charge is 2.25. The van der Waals surface area contributed by atoms with Crippen LogP contribution in [-0.2, 0) is 6.54 Å². The summed E-state index contributed by atoms with van der Waals surface area (Å²) in [4.78, 5) is 4.49. The van der Waals surface area contributed by atoms with Gasteiger partial charge >= 0.3 is 0 Å². The van der Waals surface area contributed by atoms with Gasteiger partial charge in [-0.3, -0.25) is 4.90 Å². The summed E-state index contributed by atoms with van der Waals surface area (Å²) in [6.45, 7) is 5.17. The molecular weight excluding hydrogens is 340 g/mol. The first kappa shape index (κ1) is 18.9. The Bertz CT molecular complexity index is 543. The molecule has 5 nitrogen and oxygen atoms in total. The third kappa shape index (κ3) is 5.83. The second-order valence-electron chi connectivity index (χ2n) is 7.28. The summed E-state index contributed by atoms with van der Waals surface area (Å²) in [6, 6.07) is 5.59. The quantitative estimate of drug-likeness (QED) is 0.772. The summed E-state index contributed by atoms with van der Waals surface area (Å²) >= 11 is 6.12. The van der Waals surface area contributed by atoms with Crippen LogP contribution in [0.25, 0.3) is 0 Å². The van der Waals surface area contributed by atoms with E-state index in [1.165, 1.54) is 25.7 Å². The standard InChI is InChI=1S/C19H29ClN2O3/c20-16-5-6-19(15(9-16)10-22-11-17(23)12-22)25-14-18(24)13-21-7-3-1-2-4-8-21/h5-6,9,17-18,23-24H,1-4,7-8,10-14H2/t18-/m0/s1. The molecule has 2 saturated heterocycles. The molecule has 0 bridgehead atoms. The maximum atomic E-state index is 10.3. The third-order valence-electron chi connectivity index (χ3n) is 4.95. The molecule has 1 atom stereocenters. The van der Waals surface area contributed by atoms with E-state index in [9.17, 15) is 10.2 Å². The highest BCUT2D eigenvalue weighted by Crippen LogP contribution is 2.26. The molecule has 0 aliphatic carbocycles. The molecular formula is C19H29ClN2O3. The van der Waals surface area contributed by atoms with Crippen LogP contribution in [0, 0.1) is 0 Å². The molecule has 2 heterocycles. The van der Waals surface area contributed by atoms with Crippen molar-refractivity contribution in [1.82, 2.24) is 9.80 Å². The van der Waals surface area contributed by atoms with Gasteiger partial charge in [-0.1, -0.05) is 24.4 Å². The normalized spacial score (nSPS) is 21.6. The number of ether oxygens (including phenoxy) is 1. The summed E-state index contributed by atoms with van der Waals surface area (Å²) in [5.41, 5.74) is 1.00. The Balaban J connectivity index is 1.51. The molecule has 0 radical (unpaired) electrons. The van der Waals surface area contributed by atoms with Crippen LogP contribution in [0.3, 0.4) is 0 Å². The van der Waals surface area contributed by atoms with Gasteiger partial charge in [0.1, 0.15) is 18.5 Å². The minimum absolute atomic E-state index is 0.223. The predicted molar refractivity (Wildman–Crippen MR) is 99.1 cm³/mol. The molecule has 0 spiro atoms. The number of nitrogens with zero attached hydrogens (tertiary/aromatic N) is 2. The van der Waals surface area contributed by atoms with Crippen molar-refractivity contribution in [1.29, 1.82) is 0 Å². The van der Waals surface area contributed by atoms with Gasteiger partial charge in [-0.2, -0.15) is 0 Å². The maximum Gasteiger partial charge on any atom is 0.124 e. The molecule has 2 fully saturated rings. The second kappa shape index (κ2) is 9.19. The molecule has 3 rings (SSSR count). The number of aliphatic hydroxyl groups is 2. The third-order valence-corrected chi connectivity index (χ3v) is 5.19. The molecule has 0 unspecified atom stereocenters. The van der Waals surface area contributed by atoms with Crippen LogP contribution in [0.1, 0.15) is 31.2 Å². The molecule has 0 amide bonds. The number of hydrogen-bond acceptors (Lipinski definition) is 5. The summed E-state index contributed by atoms with van der Waals surface area (Å²) in [5.74, 6) is 0.765. The van der Waals surface area contributed by atoms with Gasteiger partial charge in [0.15, 0.2) is 0 Å². The summed E-state index contributed by atoms with van der Waals surface area (Å²) in [6.07, 6.45) is 4.31. The number of benzene rings is 1. The van der Waals surface area contributed by atoms with Crippen molar-refractivity contribution >= 4 is 11.6 Å². The van der Waals surface area contributed by atoms with Crippen LogP contribution >= 0.6 is 11.6 Å². The topological polar surface area (TPSA) is 56.2 Å². The van der Waals surface area contributed by atoms with Gasteiger partial charge in [-0.25, -0.2) is 0 Å². The molecule has 2 N–H and O–H groups in total. The summed E-state index contributed by atoms with van der Waals surface area (Å²) < 4.78 is 5.90. The minimum Gasteiger partial charge on any atom is -0.491 e. The molecule has 0 saturated carbocycles. The highest BCUT2D eigenvalue weighted by atomic mass is 35.5. The van der Waals surface area contributed by atoms with Crippen LogP contribution < -0.4 is 4.74 Å². The van der Waals surface area contributed by atoms with Gasteiger partial charge in [0.2, 0.25) is 0 Å². The number of likely N-dealkylation sites (tertiary alicyclic amines) is 2. The lowest BCUT2D eigenvalue weighted by Gasteiger charge is -2.36. The zero-order valence-corrected chi connectivity index (χ0v) is 15.5. The molecule has 1 aromatic rings. The first-order chi connectivity index (χ1) is 12.1. The van der Waals surface area contributed by atoms with Crippen molar-refractivity contribution in [2.75, 3.05) is 39.3 Å². The van der Waals surface area contributed by atoms with Crippen LogP contribution in [0.4, 0.5) is 0 Å². The first-order valence-electron chi connectivity index (χ1n) is 9.32. The Labute approximate surface area is 155 Å². The number of hydrogen-bond donors (Lipinski definition) is 2. The van der Waals surface area contributed by atoms with Crippen LogP contribution in [-0.4, -0.2) is 71.6 Å². The van der Waals surface area contributed by atoms with E-state index in [1.807, 2.05) is 18.2 Å². The number of halogens is 1. The van der Waals surface area contributed by atoms with Gasteiger partial charge in [0.25, 0.3) is 0 Å². The van der Waals surface area contributed by atoms with Crippen molar-refractivity contribution < 1.29 is 14.9 Å². The molecule has 25 heavy (non-hydrogen) atoms. The Morgan fingerprint density at radius 2 is 1.84 bits per heavy atom. The first-order valence-corrected chi connectivity index (χ1v) is 9.70. The second-order valence-corrected chi connectivity index (χ2v) is 7.72. The Kier molecular flexibility index (Phi) is 6.96. The lowest BCUT2D eigenvalue weighted by Crippen LogP contribution is -2.49. The predicted octanol–water partition coefficient (Wildman–Crippen LogP) is 2.13. The largest absolute Gasteiger partial charge is 0.491 e. The van der Waals surface area contributed by atoms with E-state index in [0.29, 0.717) is 31.2 Å². The van der Waals surface area contributed by atoms with E-state index in [0.717, 1.165) is 24.4 Å². The molecule has 2 aliphatic rings. The Hall–Kier alpha value is -0.850. The summed E-state index contributed by atoms with van der Waals surface area (Å²) in [7, 11) is 0. The van der Waals surface area contributed by atoms with Crippen molar-refractivity contribution in [2.45, 2.75) is 44.4 Å². The van der Waals surface area contributed by atoms with Gasteiger partial charge in [0.05, 0.1) is 6.10 Å². The van der Waals surface area contributed by atoms with Crippen molar-refractivity contribution in [3.8, 4) is 5.75 Å². The van der Waals surface area contributed by atoms with Crippen LogP contribution in [0.2, 0.25) is 5.02 Å². The van der Waals surface area contributed by atoms with Crippen molar-refractivity contribution in [3.63, 3.8) is 0 Å². The zero-order chi connectivity index (χ0) is 17.6. The van der Waals surface area contributed by atoms with Gasteiger partial charge in [0, 0.05) is 36.8 Å². The van der Waals surface area contributed by atoms with Gasteiger partial charge in [-0.05, 0) is 44.1 Å². The van der Waals surface area contributed by atoms with Gasteiger partial charge < -0.3 is 19.8 Å². The van der Waals surface area contributed by atoms with Crippen LogP contribution in [0.5, 0.6) is 5.75 Å². The lowest BCUT2D eigenvalue weighted by molar-refractivity contribution is -0.00355. The Morgan fingerprint density at radius 3 is 2.52 bits per heavy atom. The molecule has 6 heteroatoms. The van der Waals surface area contributed by atoms with Gasteiger partial charge in [-0.15, -0.1) is 0 Å².